The van der Waals surface area contributed by atoms with Crippen LogP contribution in [-0.2, 0) is 13.1 Å². The molecule has 0 amide bonds. The number of aliphatic imine (C=N–C) groups is 1. The molecule has 1 heterocycles. The van der Waals surface area contributed by atoms with Crippen LogP contribution in [0.2, 0.25) is 0 Å². The summed E-state index contributed by atoms with van der Waals surface area (Å²) in [6.07, 6.45) is 1.74. The molecule has 0 unspecified atom stereocenters. The Balaban J connectivity index is 1.90. The summed E-state index contributed by atoms with van der Waals surface area (Å²) >= 11 is 0. The van der Waals surface area contributed by atoms with Crippen LogP contribution in [-0.4, -0.2) is 43.7 Å². The fraction of sp³-hybridized carbons (Fsp3) is 0.333. The molecule has 0 aliphatic carbocycles. The van der Waals surface area contributed by atoms with Gasteiger partial charge >= 0.3 is 6.61 Å². The minimum atomic E-state index is -2.82. The number of ether oxygens (including phenoxy) is 2. The van der Waals surface area contributed by atoms with Gasteiger partial charge in [0.05, 0.1) is 7.11 Å². The number of aromatic nitrogens is 1. The highest BCUT2D eigenvalue weighted by Gasteiger charge is 2.08. The van der Waals surface area contributed by atoms with E-state index >= 15 is 0 Å². The number of pyridine rings is 1. The Bertz CT molecular complexity index is 706. The number of alkyl halides is 2. The third kappa shape index (κ3) is 5.87. The molecule has 0 saturated heterocycles. The second-order valence-corrected chi connectivity index (χ2v) is 5.49. The highest BCUT2D eigenvalue weighted by Crippen LogP contribution is 2.15. The fourth-order valence-corrected chi connectivity index (χ4v) is 2.33. The van der Waals surface area contributed by atoms with E-state index < -0.39 is 6.61 Å². The predicted molar refractivity (Wildman–Crippen MR) is 95.5 cm³/mol. The Morgan fingerprint density at radius 1 is 1.19 bits per heavy atom. The van der Waals surface area contributed by atoms with Crippen molar-refractivity contribution >= 4 is 5.96 Å². The third-order valence-electron chi connectivity index (χ3n) is 3.60. The number of methoxy groups -OCH3 is 1. The number of hydrogen-bond donors (Lipinski definition) is 1. The van der Waals surface area contributed by atoms with Gasteiger partial charge in [-0.05, 0) is 23.3 Å². The Kier molecular flexibility index (Phi) is 7.13. The zero-order chi connectivity index (χ0) is 18.9. The van der Waals surface area contributed by atoms with Gasteiger partial charge in [0.25, 0.3) is 0 Å². The molecule has 2 rings (SSSR count). The van der Waals surface area contributed by atoms with E-state index in [-0.39, 0.29) is 5.75 Å². The van der Waals surface area contributed by atoms with Crippen LogP contribution in [0.3, 0.4) is 0 Å². The number of guanidine groups is 1. The van der Waals surface area contributed by atoms with E-state index in [4.69, 9.17) is 4.74 Å². The SMILES string of the molecule is CN=C(NCc1ccc(OC)nc1)N(C)Cc1ccc(OC(F)F)cc1. The zero-order valence-corrected chi connectivity index (χ0v) is 14.9. The van der Waals surface area contributed by atoms with Crippen molar-refractivity contribution in [1.82, 2.24) is 15.2 Å². The van der Waals surface area contributed by atoms with Crippen LogP contribution in [0.15, 0.2) is 47.6 Å². The normalized spacial score (nSPS) is 11.4. The van der Waals surface area contributed by atoms with Crippen LogP contribution in [0.5, 0.6) is 11.6 Å². The van der Waals surface area contributed by atoms with Gasteiger partial charge in [0, 0.05) is 39.4 Å². The Hall–Kier alpha value is -2.90. The van der Waals surface area contributed by atoms with Crippen molar-refractivity contribution in [1.29, 1.82) is 0 Å². The Labute approximate surface area is 151 Å². The summed E-state index contributed by atoms with van der Waals surface area (Å²) in [6.45, 7) is -1.69. The molecule has 140 valence electrons. The molecule has 8 heteroatoms. The lowest BCUT2D eigenvalue weighted by Gasteiger charge is -2.22. The van der Waals surface area contributed by atoms with Gasteiger partial charge in [0.15, 0.2) is 5.96 Å². The topological polar surface area (TPSA) is 59.0 Å². The van der Waals surface area contributed by atoms with Crippen molar-refractivity contribution < 1.29 is 18.3 Å². The summed E-state index contributed by atoms with van der Waals surface area (Å²) in [7, 11) is 5.17. The molecule has 26 heavy (non-hydrogen) atoms. The number of rotatable bonds is 7. The number of benzene rings is 1. The van der Waals surface area contributed by atoms with Crippen LogP contribution >= 0.6 is 0 Å². The molecule has 0 fully saturated rings. The monoisotopic (exact) mass is 364 g/mol. The molecule has 1 aromatic carbocycles. The van der Waals surface area contributed by atoms with E-state index in [0.29, 0.717) is 24.9 Å². The molecule has 0 radical (unpaired) electrons. The van der Waals surface area contributed by atoms with Crippen LogP contribution in [0, 0.1) is 0 Å². The molecule has 0 spiro atoms. The molecule has 2 aromatic rings. The summed E-state index contributed by atoms with van der Waals surface area (Å²) in [5.41, 5.74) is 1.94. The van der Waals surface area contributed by atoms with E-state index in [0.717, 1.165) is 11.1 Å². The first kappa shape index (κ1) is 19.4. The second-order valence-electron chi connectivity index (χ2n) is 5.49. The van der Waals surface area contributed by atoms with Crippen LogP contribution in [0.1, 0.15) is 11.1 Å². The molecule has 0 aliphatic heterocycles. The van der Waals surface area contributed by atoms with Gasteiger partial charge < -0.3 is 19.7 Å². The minimum Gasteiger partial charge on any atom is -0.481 e. The van der Waals surface area contributed by atoms with E-state index in [2.05, 4.69) is 20.0 Å². The second kappa shape index (κ2) is 9.55. The van der Waals surface area contributed by atoms with Gasteiger partial charge in [-0.1, -0.05) is 18.2 Å². The first-order valence-corrected chi connectivity index (χ1v) is 7.96. The molecule has 0 saturated carbocycles. The summed E-state index contributed by atoms with van der Waals surface area (Å²) in [6, 6.07) is 10.3. The zero-order valence-electron chi connectivity index (χ0n) is 14.9. The summed E-state index contributed by atoms with van der Waals surface area (Å²) in [5, 5.41) is 3.25. The summed E-state index contributed by atoms with van der Waals surface area (Å²) in [4.78, 5) is 10.3. The maximum Gasteiger partial charge on any atom is 0.387 e. The number of hydrogen-bond acceptors (Lipinski definition) is 4. The van der Waals surface area contributed by atoms with Gasteiger partial charge in [0.2, 0.25) is 5.88 Å². The van der Waals surface area contributed by atoms with Gasteiger partial charge in [-0.3, -0.25) is 4.99 Å². The Morgan fingerprint density at radius 3 is 2.42 bits per heavy atom. The van der Waals surface area contributed by atoms with Crippen molar-refractivity contribution in [3.05, 3.63) is 53.7 Å². The van der Waals surface area contributed by atoms with Crippen molar-refractivity contribution in [2.75, 3.05) is 21.2 Å². The fourth-order valence-electron chi connectivity index (χ4n) is 2.33. The average Bonchev–Trinajstić information content (AvgIpc) is 2.64. The standard InChI is InChI=1S/C18H22F2N4O2/c1-21-18(23-11-14-6-9-16(25-3)22-10-14)24(2)12-13-4-7-15(8-5-13)26-17(19)20/h4-10,17H,11-12H2,1-3H3,(H,21,23). The van der Waals surface area contributed by atoms with Gasteiger partial charge in [-0.2, -0.15) is 8.78 Å². The average molecular weight is 364 g/mol. The smallest absolute Gasteiger partial charge is 0.387 e. The Morgan fingerprint density at radius 2 is 1.88 bits per heavy atom. The first-order chi connectivity index (χ1) is 12.5. The molecular weight excluding hydrogens is 342 g/mol. The summed E-state index contributed by atoms with van der Waals surface area (Å²) in [5.74, 6) is 1.41. The van der Waals surface area contributed by atoms with Crippen molar-refractivity contribution in [3.8, 4) is 11.6 Å². The van der Waals surface area contributed by atoms with Gasteiger partial charge in [-0.15, -0.1) is 0 Å². The van der Waals surface area contributed by atoms with E-state index in [1.54, 1.807) is 38.6 Å². The minimum absolute atomic E-state index is 0.140. The maximum absolute atomic E-state index is 12.2. The lowest BCUT2D eigenvalue weighted by atomic mass is 10.2. The molecule has 0 aliphatic rings. The number of nitrogens with one attached hydrogen (secondary N) is 1. The van der Waals surface area contributed by atoms with Gasteiger partial charge in [0.1, 0.15) is 5.75 Å². The van der Waals surface area contributed by atoms with Crippen LogP contribution in [0.25, 0.3) is 0 Å². The molecular formula is C18H22F2N4O2. The summed E-state index contributed by atoms with van der Waals surface area (Å²) < 4.78 is 33.8. The highest BCUT2D eigenvalue weighted by molar-refractivity contribution is 5.79. The number of nitrogens with zero attached hydrogens (tertiary/aromatic N) is 3. The molecule has 1 aromatic heterocycles. The predicted octanol–water partition coefficient (Wildman–Crippen LogP) is 2.90. The lowest BCUT2D eigenvalue weighted by Crippen LogP contribution is -2.38. The maximum atomic E-state index is 12.2. The van der Waals surface area contributed by atoms with Crippen LogP contribution < -0.4 is 14.8 Å². The van der Waals surface area contributed by atoms with Crippen molar-refractivity contribution in [3.63, 3.8) is 0 Å². The quantitative estimate of drug-likeness (QED) is 0.605. The van der Waals surface area contributed by atoms with Gasteiger partial charge in [-0.25, -0.2) is 4.98 Å². The number of halogens is 2. The van der Waals surface area contributed by atoms with Crippen molar-refractivity contribution in [2.45, 2.75) is 19.7 Å². The first-order valence-electron chi connectivity index (χ1n) is 7.96. The van der Waals surface area contributed by atoms with E-state index in [9.17, 15) is 8.78 Å². The third-order valence-corrected chi connectivity index (χ3v) is 3.60. The molecule has 6 nitrogen and oxygen atoms in total. The van der Waals surface area contributed by atoms with Crippen molar-refractivity contribution in [2.24, 2.45) is 4.99 Å². The molecule has 0 atom stereocenters. The van der Waals surface area contributed by atoms with Crippen LogP contribution in [0.4, 0.5) is 8.78 Å². The van der Waals surface area contributed by atoms with E-state index in [1.165, 1.54) is 12.1 Å². The highest BCUT2D eigenvalue weighted by atomic mass is 19.3. The molecule has 0 bridgehead atoms. The lowest BCUT2D eigenvalue weighted by molar-refractivity contribution is -0.0498. The van der Waals surface area contributed by atoms with E-state index in [1.807, 2.05) is 18.0 Å². The molecule has 1 N–H and O–H groups in total. The largest absolute Gasteiger partial charge is 0.481 e.